The fourth-order valence-electron chi connectivity index (χ4n) is 2.91. The Hall–Kier alpha value is -2.75. The molecule has 0 atom stereocenters. The average molecular weight is 413 g/mol. The second-order valence-corrected chi connectivity index (χ2v) is 7.05. The van der Waals surface area contributed by atoms with Crippen LogP contribution in [0.25, 0.3) is 0 Å². The van der Waals surface area contributed by atoms with Gasteiger partial charge in [0.25, 0.3) is 0 Å². The Kier molecular flexibility index (Phi) is 4.66. The summed E-state index contributed by atoms with van der Waals surface area (Å²) in [5.41, 5.74) is -0.506. The second kappa shape index (κ2) is 7.01. The summed E-state index contributed by atoms with van der Waals surface area (Å²) < 4.78 is 76.2. The zero-order valence-corrected chi connectivity index (χ0v) is 14.9. The van der Waals surface area contributed by atoms with Gasteiger partial charge in [-0.3, -0.25) is 0 Å². The first-order valence-corrected chi connectivity index (χ1v) is 8.93. The molecule has 0 radical (unpaired) electrons. The van der Waals surface area contributed by atoms with Gasteiger partial charge in [-0.1, -0.05) is 0 Å². The van der Waals surface area contributed by atoms with Crippen molar-refractivity contribution in [3.05, 3.63) is 65.5 Å². The number of nitrogens with zero attached hydrogens (tertiary/aromatic N) is 3. The van der Waals surface area contributed by atoms with E-state index in [-0.39, 0.29) is 11.7 Å². The molecule has 2 aromatic carbocycles. The summed E-state index contributed by atoms with van der Waals surface area (Å²) in [6.45, 7) is 0.953. The molecular weight excluding hydrogens is 401 g/mol. The van der Waals surface area contributed by atoms with Gasteiger partial charge in [0.15, 0.2) is 11.6 Å². The number of hydrogen-bond donors (Lipinski definition) is 0. The van der Waals surface area contributed by atoms with Crippen molar-refractivity contribution in [1.29, 1.82) is 0 Å². The fraction of sp³-hybridized carbons (Fsp3) is 0.222. The maximum atomic E-state index is 13.8. The van der Waals surface area contributed by atoms with Gasteiger partial charge in [0.05, 0.1) is 5.56 Å². The Bertz CT molecular complexity index is 987. The van der Waals surface area contributed by atoms with E-state index in [9.17, 15) is 22.0 Å². The van der Waals surface area contributed by atoms with Gasteiger partial charge in [-0.05, 0) is 35.9 Å². The topological polar surface area (TPSA) is 38.2 Å². The van der Waals surface area contributed by atoms with Crippen LogP contribution in [0.4, 0.5) is 27.1 Å². The lowest BCUT2D eigenvalue weighted by Crippen LogP contribution is -2.45. The normalized spacial score (nSPS) is 14.8. The van der Waals surface area contributed by atoms with Crippen molar-refractivity contribution in [3.63, 3.8) is 0 Å². The molecule has 0 aliphatic carbocycles. The molecule has 146 valence electrons. The third kappa shape index (κ3) is 3.77. The maximum absolute atomic E-state index is 13.8. The van der Waals surface area contributed by atoms with Crippen LogP contribution in [0.3, 0.4) is 0 Å². The van der Waals surface area contributed by atoms with Crippen molar-refractivity contribution in [1.82, 2.24) is 9.36 Å². The summed E-state index contributed by atoms with van der Waals surface area (Å²) in [6.07, 6.45) is -3.19. The second-order valence-electron chi connectivity index (χ2n) is 6.29. The summed E-state index contributed by atoms with van der Waals surface area (Å²) in [7, 11) is 0. The van der Waals surface area contributed by atoms with E-state index in [4.69, 9.17) is 4.74 Å². The minimum Gasteiger partial charge on any atom is -0.454 e. The molecule has 0 N–H and O–H groups in total. The van der Waals surface area contributed by atoms with Gasteiger partial charge in [-0.15, -0.1) is 0 Å². The van der Waals surface area contributed by atoms with Crippen molar-refractivity contribution in [3.8, 4) is 11.5 Å². The van der Waals surface area contributed by atoms with Crippen LogP contribution in [0.15, 0.2) is 42.7 Å². The molecule has 3 aromatic rings. The maximum Gasteiger partial charge on any atom is 0.416 e. The molecule has 1 fully saturated rings. The van der Waals surface area contributed by atoms with Crippen LogP contribution in [0, 0.1) is 11.6 Å². The first-order chi connectivity index (χ1) is 13.3. The van der Waals surface area contributed by atoms with E-state index in [1.165, 1.54) is 23.9 Å². The molecule has 10 heteroatoms. The van der Waals surface area contributed by atoms with Crippen LogP contribution in [0.2, 0.25) is 0 Å². The van der Waals surface area contributed by atoms with Crippen LogP contribution < -0.4 is 9.64 Å². The van der Waals surface area contributed by atoms with E-state index in [2.05, 4.69) is 9.36 Å². The Labute approximate surface area is 160 Å². The number of halogens is 5. The molecule has 1 aliphatic rings. The number of ether oxygens (including phenoxy) is 1. The van der Waals surface area contributed by atoms with Gasteiger partial charge in [0, 0.05) is 36.6 Å². The lowest BCUT2D eigenvalue weighted by atomic mass is 9.90. The Morgan fingerprint density at radius 3 is 2.54 bits per heavy atom. The largest absolute Gasteiger partial charge is 0.454 e. The highest BCUT2D eigenvalue weighted by atomic mass is 32.1. The van der Waals surface area contributed by atoms with Gasteiger partial charge in [0.2, 0.25) is 5.13 Å². The highest BCUT2D eigenvalue weighted by Gasteiger charge is 2.35. The molecule has 1 aromatic heterocycles. The van der Waals surface area contributed by atoms with Crippen LogP contribution >= 0.6 is 11.5 Å². The minimum atomic E-state index is -4.60. The predicted molar refractivity (Wildman–Crippen MR) is 92.7 cm³/mol. The lowest BCUT2D eigenvalue weighted by Gasteiger charge is -2.39. The molecule has 1 saturated heterocycles. The number of anilines is 1. The number of alkyl halides is 3. The van der Waals surface area contributed by atoms with E-state index in [1.807, 2.05) is 4.90 Å². The van der Waals surface area contributed by atoms with Crippen LogP contribution in [-0.2, 0) is 6.18 Å². The Balaban J connectivity index is 1.62. The summed E-state index contributed by atoms with van der Waals surface area (Å²) in [4.78, 5) is 5.96. The van der Waals surface area contributed by atoms with E-state index in [1.54, 1.807) is 0 Å². The Morgan fingerprint density at radius 2 is 1.86 bits per heavy atom. The minimum absolute atomic E-state index is 0.175. The van der Waals surface area contributed by atoms with Crippen molar-refractivity contribution in [2.75, 3.05) is 18.0 Å². The van der Waals surface area contributed by atoms with E-state index < -0.39 is 29.1 Å². The molecule has 4 nitrogen and oxygen atoms in total. The summed E-state index contributed by atoms with van der Waals surface area (Å²) in [5.74, 6) is -2.48. The number of rotatable bonds is 4. The molecule has 0 spiro atoms. The molecule has 0 amide bonds. The third-order valence-corrected chi connectivity index (χ3v) is 5.08. The first kappa shape index (κ1) is 18.6. The van der Waals surface area contributed by atoms with Gasteiger partial charge in [-0.2, -0.15) is 17.5 Å². The van der Waals surface area contributed by atoms with Gasteiger partial charge < -0.3 is 9.64 Å². The van der Waals surface area contributed by atoms with E-state index in [0.29, 0.717) is 23.8 Å². The van der Waals surface area contributed by atoms with Crippen LogP contribution in [0.1, 0.15) is 17.0 Å². The van der Waals surface area contributed by atoms with Crippen LogP contribution in [0.5, 0.6) is 11.5 Å². The molecule has 1 aliphatic heterocycles. The molecule has 0 unspecified atom stereocenters. The predicted octanol–water partition coefficient (Wildman–Crippen LogP) is 5.23. The molecule has 4 rings (SSSR count). The fourth-order valence-corrected chi connectivity index (χ4v) is 3.46. The summed E-state index contributed by atoms with van der Waals surface area (Å²) >= 11 is 1.20. The van der Waals surface area contributed by atoms with Gasteiger partial charge in [-0.25, -0.2) is 13.8 Å². The highest BCUT2D eigenvalue weighted by molar-refractivity contribution is 7.09. The van der Waals surface area contributed by atoms with Crippen LogP contribution in [-0.4, -0.2) is 22.4 Å². The van der Waals surface area contributed by atoms with Crippen molar-refractivity contribution < 1.29 is 26.7 Å². The lowest BCUT2D eigenvalue weighted by molar-refractivity contribution is -0.137. The number of benzene rings is 2. The zero-order valence-electron chi connectivity index (χ0n) is 14.1. The molecular formula is C18H12F5N3OS. The molecule has 28 heavy (non-hydrogen) atoms. The van der Waals surface area contributed by atoms with E-state index >= 15 is 0 Å². The van der Waals surface area contributed by atoms with Crippen molar-refractivity contribution in [2.45, 2.75) is 12.1 Å². The third-order valence-electron chi connectivity index (χ3n) is 4.35. The number of hydrogen-bond acceptors (Lipinski definition) is 5. The first-order valence-electron chi connectivity index (χ1n) is 8.16. The standard InChI is InChI=1S/C18H12F5N3OS/c19-13-1-2-15(20)16(6-13)27-14-4-10(3-12(5-14)18(21,22)23)11-7-26(8-11)17-24-9-25-28-17/h1-6,9,11H,7-8H2. The molecule has 0 bridgehead atoms. The van der Waals surface area contributed by atoms with Crippen molar-refractivity contribution >= 4 is 16.7 Å². The van der Waals surface area contributed by atoms with Gasteiger partial charge in [0.1, 0.15) is 17.9 Å². The highest BCUT2D eigenvalue weighted by Crippen LogP contribution is 2.39. The quantitative estimate of drug-likeness (QED) is 0.549. The van der Waals surface area contributed by atoms with Gasteiger partial charge >= 0.3 is 6.18 Å². The molecule has 0 saturated carbocycles. The summed E-state index contributed by atoms with van der Waals surface area (Å²) in [6, 6.07) is 5.78. The van der Waals surface area contributed by atoms with Crippen molar-refractivity contribution in [2.24, 2.45) is 0 Å². The summed E-state index contributed by atoms with van der Waals surface area (Å²) in [5, 5.41) is 0.696. The molecule has 2 heterocycles. The SMILES string of the molecule is Fc1ccc(F)c(Oc2cc(C3CN(c4ncns4)C3)cc(C(F)(F)F)c2)c1. The monoisotopic (exact) mass is 413 g/mol. The average Bonchev–Trinajstić information content (AvgIpc) is 3.10. The zero-order chi connectivity index (χ0) is 19.9. The van der Waals surface area contributed by atoms with E-state index in [0.717, 1.165) is 30.3 Å². The number of aromatic nitrogens is 2. The smallest absolute Gasteiger partial charge is 0.416 e. The Morgan fingerprint density at radius 1 is 1.07 bits per heavy atom.